The van der Waals surface area contributed by atoms with E-state index < -0.39 is 0 Å². The van der Waals surface area contributed by atoms with E-state index in [2.05, 4.69) is 24.1 Å². The summed E-state index contributed by atoms with van der Waals surface area (Å²) in [6.45, 7) is 1.85. The summed E-state index contributed by atoms with van der Waals surface area (Å²) >= 11 is 5.97. The summed E-state index contributed by atoms with van der Waals surface area (Å²) < 4.78 is 0. The Labute approximate surface area is 127 Å². The molecule has 1 aromatic rings. The van der Waals surface area contributed by atoms with Gasteiger partial charge in [0.15, 0.2) is 0 Å². The maximum Gasteiger partial charge on any atom is 0.0467 e. The number of rotatable bonds is 5. The Hall–Kier alpha value is -0.570. The number of nitrogens with two attached hydrogens (primary N) is 1. The molecule has 2 nitrogen and oxygen atoms in total. The molecule has 2 N–H and O–H groups in total. The lowest BCUT2D eigenvalue weighted by atomic mass is 9.88. The molecule has 1 aromatic carbocycles. The van der Waals surface area contributed by atoms with Gasteiger partial charge in [-0.3, -0.25) is 4.90 Å². The van der Waals surface area contributed by atoms with E-state index in [0.29, 0.717) is 12.6 Å². The second-order valence-electron chi connectivity index (χ2n) is 6.68. The molecule has 110 valence electrons. The van der Waals surface area contributed by atoms with Crippen LogP contribution in [0.1, 0.15) is 37.3 Å². The van der Waals surface area contributed by atoms with Crippen LogP contribution in [0.5, 0.6) is 0 Å². The molecular weight excluding hydrogens is 268 g/mol. The molecule has 0 saturated heterocycles. The first-order valence-electron chi connectivity index (χ1n) is 7.83. The van der Waals surface area contributed by atoms with E-state index in [0.717, 1.165) is 22.8 Å². The van der Waals surface area contributed by atoms with Crippen molar-refractivity contribution in [1.29, 1.82) is 0 Å². The molecule has 4 atom stereocenters. The van der Waals surface area contributed by atoms with E-state index in [1.54, 1.807) is 0 Å². The minimum atomic E-state index is 0.311. The summed E-state index contributed by atoms with van der Waals surface area (Å²) in [6, 6.07) is 8.45. The van der Waals surface area contributed by atoms with Crippen molar-refractivity contribution in [2.75, 3.05) is 20.1 Å². The van der Waals surface area contributed by atoms with Gasteiger partial charge in [-0.05, 0) is 61.8 Å². The molecule has 3 rings (SSSR count). The van der Waals surface area contributed by atoms with Crippen LogP contribution in [0.25, 0.3) is 0 Å². The first-order valence-corrected chi connectivity index (χ1v) is 8.21. The second kappa shape index (κ2) is 6.05. The summed E-state index contributed by atoms with van der Waals surface area (Å²) in [5.74, 6) is 2.89. The number of hydrogen-bond donors (Lipinski definition) is 1. The van der Waals surface area contributed by atoms with Gasteiger partial charge in [0.25, 0.3) is 0 Å². The average Bonchev–Trinajstić information content (AvgIpc) is 3.04. The average molecular weight is 293 g/mol. The Kier molecular flexibility index (Phi) is 4.34. The summed E-state index contributed by atoms with van der Waals surface area (Å²) in [6.07, 6.45) is 5.85. The van der Waals surface area contributed by atoms with Gasteiger partial charge in [-0.15, -0.1) is 0 Å². The smallest absolute Gasteiger partial charge is 0.0467 e. The highest BCUT2D eigenvalue weighted by Crippen LogP contribution is 2.48. The topological polar surface area (TPSA) is 29.3 Å². The van der Waals surface area contributed by atoms with E-state index in [9.17, 15) is 0 Å². The first-order chi connectivity index (χ1) is 9.67. The molecule has 3 heteroatoms. The number of hydrogen-bond acceptors (Lipinski definition) is 2. The van der Waals surface area contributed by atoms with Gasteiger partial charge in [-0.1, -0.05) is 30.2 Å². The van der Waals surface area contributed by atoms with Crippen molar-refractivity contribution < 1.29 is 0 Å². The normalized spacial score (nSPS) is 30.1. The lowest BCUT2D eigenvalue weighted by Gasteiger charge is -2.32. The fourth-order valence-electron chi connectivity index (χ4n) is 4.35. The molecule has 2 saturated carbocycles. The Morgan fingerprint density at radius 3 is 2.55 bits per heavy atom. The van der Waals surface area contributed by atoms with Gasteiger partial charge in [0.1, 0.15) is 0 Å². The van der Waals surface area contributed by atoms with Gasteiger partial charge in [-0.25, -0.2) is 0 Å². The molecule has 2 fully saturated rings. The van der Waals surface area contributed by atoms with Crippen molar-refractivity contribution in [1.82, 2.24) is 4.90 Å². The van der Waals surface area contributed by atoms with E-state index in [1.807, 2.05) is 12.1 Å². The molecular formula is C17H25ClN2. The molecule has 0 spiro atoms. The monoisotopic (exact) mass is 292 g/mol. The molecule has 2 aliphatic carbocycles. The summed E-state index contributed by atoms with van der Waals surface area (Å²) in [7, 11) is 2.22. The third kappa shape index (κ3) is 2.88. The van der Waals surface area contributed by atoms with Crippen molar-refractivity contribution in [3.05, 3.63) is 34.9 Å². The van der Waals surface area contributed by atoms with Crippen LogP contribution in [0.3, 0.4) is 0 Å². The quantitative estimate of drug-likeness (QED) is 0.896. The van der Waals surface area contributed by atoms with Gasteiger partial charge in [0.2, 0.25) is 0 Å². The molecule has 2 bridgehead atoms. The highest BCUT2D eigenvalue weighted by atomic mass is 35.5. The Balaban J connectivity index is 1.65. The maximum atomic E-state index is 6.02. The summed E-state index contributed by atoms with van der Waals surface area (Å²) in [4.78, 5) is 2.45. The molecule has 0 amide bonds. The van der Waals surface area contributed by atoms with E-state index in [4.69, 9.17) is 17.3 Å². The van der Waals surface area contributed by atoms with Crippen molar-refractivity contribution in [2.45, 2.75) is 31.7 Å². The molecule has 2 aliphatic rings. The van der Waals surface area contributed by atoms with Crippen LogP contribution < -0.4 is 5.73 Å². The van der Waals surface area contributed by atoms with E-state index >= 15 is 0 Å². The molecule has 0 aromatic heterocycles. The van der Waals surface area contributed by atoms with Crippen LogP contribution in [-0.2, 0) is 0 Å². The third-order valence-corrected chi connectivity index (χ3v) is 5.67. The number of fused-ring (bicyclic) bond motifs is 2. The predicted octanol–water partition coefficient (Wildman–Crippen LogP) is 3.71. The first kappa shape index (κ1) is 14.4. The van der Waals surface area contributed by atoms with Crippen LogP contribution in [0, 0.1) is 17.8 Å². The van der Waals surface area contributed by atoms with Gasteiger partial charge < -0.3 is 5.73 Å². The minimum absolute atomic E-state index is 0.311. The molecule has 4 unspecified atom stereocenters. The predicted molar refractivity (Wildman–Crippen MR) is 84.8 cm³/mol. The number of likely N-dealkylation sites (N-methyl/N-ethyl adjacent to an activating group) is 1. The number of benzene rings is 1. The Morgan fingerprint density at radius 2 is 2.00 bits per heavy atom. The number of nitrogens with zero attached hydrogens (tertiary/aromatic N) is 1. The second-order valence-corrected chi connectivity index (χ2v) is 7.11. The fraction of sp³-hybridized carbons (Fsp3) is 0.647. The van der Waals surface area contributed by atoms with Crippen LogP contribution in [0.2, 0.25) is 5.02 Å². The van der Waals surface area contributed by atoms with Crippen molar-refractivity contribution in [3.63, 3.8) is 0 Å². The van der Waals surface area contributed by atoms with E-state index in [-0.39, 0.29) is 0 Å². The fourth-order valence-corrected chi connectivity index (χ4v) is 4.48. The molecule has 0 radical (unpaired) electrons. The van der Waals surface area contributed by atoms with Crippen LogP contribution >= 0.6 is 11.6 Å². The lowest BCUT2D eigenvalue weighted by molar-refractivity contribution is 0.176. The zero-order valence-corrected chi connectivity index (χ0v) is 13.0. The van der Waals surface area contributed by atoms with Crippen LogP contribution in [-0.4, -0.2) is 25.0 Å². The zero-order valence-electron chi connectivity index (χ0n) is 12.3. The van der Waals surface area contributed by atoms with E-state index in [1.165, 1.54) is 37.8 Å². The zero-order chi connectivity index (χ0) is 14.1. The van der Waals surface area contributed by atoms with Crippen LogP contribution in [0.4, 0.5) is 0 Å². The largest absolute Gasteiger partial charge is 0.329 e. The summed E-state index contributed by atoms with van der Waals surface area (Å²) in [5.41, 5.74) is 7.30. The number of halogens is 1. The Bertz CT molecular complexity index is 445. The van der Waals surface area contributed by atoms with Gasteiger partial charge in [-0.2, -0.15) is 0 Å². The molecule has 20 heavy (non-hydrogen) atoms. The van der Waals surface area contributed by atoms with Crippen molar-refractivity contribution in [2.24, 2.45) is 23.5 Å². The third-order valence-electron chi connectivity index (χ3n) is 5.42. The van der Waals surface area contributed by atoms with Gasteiger partial charge >= 0.3 is 0 Å². The Morgan fingerprint density at radius 1 is 1.25 bits per heavy atom. The van der Waals surface area contributed by atoms with Crippen molar-refractivity contribution >= 4 is 11.6 Å². The van der Waals surface area contributed by atoms with Gasteiger partial charge in [0, 0.05) is 24.2 Å². The molecule has 0 heterocycles. The minimum Gasteiger partial charge on any atom is -0.329 e. The summed E-state index contributed by atoms with van der Waals surface area (Å²) in [5, 5.41) is 0.792. The van der Waals surface area contributed by atoms with Crippen molar-refractivity contribution in [3.8, 4) is 0 Å². The highest BCUT2D eigenvalue weighted by Gasteiger charge is 2.40. The SMILES string of the molecule is CN(CC1CC2CCC1C2)C(CN)c1ccc(Cl)cc1. The van der Waals surface area contributed by atoms with Gasteiger partial charge in [0.05, 0.1) is 0 Å². The molecule has 0 aliphatic heterocycles. The highest BCUT2D eigenvalue weighted by molar-refractivity contribution is 6.30. The standard InChI is InChI=1S/C17H25ClN2/c1-20(11-15-9-12-2-3-14(15)8-12)17(10-19)13-4-6-16(18)7-5-13/h4-7,12,14-15,17H,2-3,8-11,19H2,1H3. The van der Waals surface area contributed by atoms with Crippen LogP contribution in [0.15, 0.2) is 24.3 Å². The lowest BCUT2D eigenvalue weighted by Crippen LogP contribution is -2.35. The maximum absolute atomic E-state index is 6.02.